The first-order chi connectivity index (χ1) is 22.9. The standard InChI is InChI=1S/C40H43N3O4/c1-3-10-34(38(41)44)35(24-26-11-8-12-26)39(45)42-37-33-17-5-4-15-31(33)32-16-6-7-18-36(32)43(40(37)46)25-27-13-9-14-29(23-27)28-19-21-30(47-2)22-20-28/h4-7,9,13-23,26,34-35,37H,3,8,10-12,24-25H2,1-2H3,(H2,41,44)(H,42,45)/t34-,35+,37?/m0/s1. The van der Waals surface area contributed by atoms with E-state index in [2.05, 4.69) is 17.4 Å². The number of ether oxygens (including phenoxy) is 1. The lowest BCUT2D eigenvalue weighted by Gasteiger charge is -2.33. The first-order valence-corrected chi connectivity index (χ1v) is 16.7. The van der Waals surface area contributed by atoms with Crippen LogP contribution in [0.15, 0.2) is 97.1 Å². The number of nitrogens with zero attached hydrogens (tertiary/aromatic N) is 1. The van der Waals surface area contributed by atoms with Crippen molar-refractivity contribution in [3.63, 3.8) is 0 Å². The van der Waals surface area contributed by atoms with Crippen LogP contribution in [0.3, 0.4) is 0 Å². The third-order valence-corrected chi connectivity index (χ3v) is 9.85. The minimum absolute atomic E-state index is 0.223. The molecule has 0 saturated heterocycles. The molecule has 0 bridgehead atoms. The van der Waals surface area contributed by atoms with Gasteiger partial charge in [0.05, 0.1) is 19.3 Å². The molecule has 1 heterocycles. The summed E-state index contributed by atoms with van der Waals surface area (Å²) in [6.45, 7) is 2.31. The molecule has 4 aromatic rings. The average molecular weight is 630 g/mol. The highest BCUT2D eigenvalue weighted by Crippen LogP contribution is 2.42. The van der Waals surface area contributed by atoms with Crippen molar-refractivity contribution >= 4 is 23.4 Å². The molecule has 1 aliphatic heterocycles. The van der Waals surface area contributed by atoms with E-state index < -0.39 is 23.8 Å². The van der Waals surface area contributed by atoms with Crippen LogP contribution < -0.4 is 20.7 Å². The van der Waals surface area contributed by atoms with E-state index in [1.165, 1.54) is 0 Å². The monoisotopic (exact) mass is 629 g/mol. The Morgan fingerprint density at radius 2 is 1.62 bits per heavy atom. The van der Waals surface area contributed by atoms with Crippen LogP contribution in [0.4, 0.5) is 5.69 Å². The molecule has 3 atom stereocenters. The van der Waals surface area contributed by atoms with Gasteiger partial charge in [0.1, 0.15) is 11.8 Å². The second-order valence-electron chi connectivity index (χ2n) is 12.8. The van der Waals surface area contributed by atoms with Crippen molar-refractivity contribution in [2.24, 2.45) is 23.5 Å². The fourth-order valence-electron chi connectivity index (χ4n) is 7.10. The number of hydrogen-bond donors (Lipinski definition) is 2. The molecule has 6 rings (SSSR count). The Morgan fingerprint density at radius 3 is 2.30 bits per heavy atom. The Morgan fingerprint density at radius 1 is 0.894 bits per heavy atom. The van der Waals surface area contributed by atoms with Crippen molar-refractivity contribution in [3.05, 3.63) is 108 Å². The number of nitrogens with one attached hydrogen (secondary N) is 1. The summed E-state index contributed by atoms with van der Waals surface area (Å²) < 4.78 is 5.33. The third-order valence-electron chi connectivity index (χ3n) is 9.85. The number of carbonyl (C=O) groups is 3. The maximum atomic E-state index is 14.8. The Labute approximate surface area is 277 Å². The molecule has 242 valence electrons. The summed E-state index contributed by atoms with van der Waals surface area (Å²) in [5, 5.41) is 3.16. The minimum Gasteiger partial charge on any atom is -0.497 e. The zero-order chi connectivity index (χ0) is 32.9. The van der Waals surface area contributed by atoms with Crippen LogP contribution in [0.2, 0.25) is 0 Å². The van der Waals surface area contributed by atoms with E-state index in [9.17, 15) is 14.4 Å². The molecule has 7 nitrogen and oxygen atoms in total. The Kier molecular flexibility index (Phi) is 9.71. The summed E-state index contributed by atoms with van der Waals surface area (Å²) in [6, 6.07) is 30.8. The highest BCUT2D eigenvalue weighted by Gasteiger charge is 2.40. The van der Waals surface area contributed by atoms with E-state index in [1.807, 2.05) is 91.9 Å². The quantitative estimate of drug-likeness (QED) is 0.170. The molecule has 47 heavy (non-hydrogen) atoms. The lowest BCUT2D eigenvalue weighted by molar-refractivity contribution is -0.136. The summed E-state index contributed by atoms with van der Waals surface area (Å²) >= 11 is 0. The van der Waals surface area contributed by atoms with Gasteiger partial charge in [0.15, 0.2) is 0 Å². The van der Waals surface area contributed by atoms with E-state index in [0.717, 1.165) is 70.5 Å². The number of carbonyl (C=O) groups excluding carboxylic acids is 3. The number of amides is 3. The fourth-order valence-corrected chi connectivity index (χ4v) is 7.10. The summed E-state index contributed by atoms with van der Waals surface area (Å²) in [6.07, 6.45) is 5.11. The predicted octanol–water partition coefficient (Wildman–Crippen LogP) is 7.44. The first kappa shape index (κ1) is 32.0. The molecular weight excluding hydrogens is 586 g/mol. The van der Waals surface area contributed by atoms with E-state index in [-0.39, 0.29) is 11.8 Å². The van der Waals surface area contributed by atoms with Crippen LogP contribution in [0.1, 0.15) is 62.6 Å². The van der Waals surface area contributed by atoms with Crippen molar-refractivity contribution in [3.8, 4) is 28.0 Å². The Bertz CT molecular complexity index is 1750. The summed E-state index contributed by atoms with van der Waals surface area (Å²) in [4.78, 5) is 43.5. The molecule has 0 spiro atoms. The number of para-hydroxylation sites is 1. The lowest BCUT2D eigenvalue weighted by Crippen LogP contribution is -2.47. The van der Waals surface area contributed by atoms with Crippen molar-refractivity contribution in [1.82, 2.24) is 5.32 Å². The number of nitrogens with two attached hydrogens (primary N) is 1. The van der Waals surface area contributed by atoms with Gasteiger partial charge >= 0.3 is 0 Å². The van der Waals surface area contributed by atoms with Gasteiger partial charge in [-0.15, -0.1) is 0 Å². The van der Waals surface area contributed by atoms with Crippen molar-refractivity contribution in [2.75, 3.05) is 12.0 Å². The molecule has 7 heteroatoms. The number of methoxy groups -OCH3 is 1. The molecule has 0 radical (unpaired) electrons. The Hall–Kier alpha value is -4.91. The normalized spacial score (nSPS) is 17.0. The fraction of sp³-hybridized carbons (Fsp3) is 0.325. The van der Waals surface area contributed by atoms with Gasteiger partial charge in [-0.3, -0.25) is 14.4 Å². The average Bonchev–Trinajstić information content (AvgIpc) is 3.16. The highest BCUT2D eigenvalue weighted by molar-refractivity contribution is 6.06. The zero-order valence-corrected chi connectivity index (χ0v) is 27.2. The first-order valence-electron chi connectivity index (χ1n) is 16.7. The summed E-state index contributed by atoms with van der Waals surface area (Å²) in [7, 11) is 1.65. The van der Waals surface area contributed by atoms with Gasteiger partial charge < -0.3 is 20.7 Å². The van der Waals surface area contributed by atoms with Gasteiger partial charge in [-0.25, -0.2) is 0 Å². The van der Waals surface area contributed by atoms with Crippen LogP contribution in [-0.4, -0.2) is 24.8 Å². The molecule has 3 amide bonds. The molecule has 3 N–H and O–H groups in total. The maximum Gasteiger partial charge on any atom is 0.254 e. The molecular formula is C40H43N3O4. The second kappa shape index (κ2) is 14.2. The molecule has 0 aromatic heterocycles. The zero-order valence-electron chi connectivity index (χ0n) is 27.2. The summed E-state index contributed by atoms with van der Waals surface area (Å²) in [5.74, 6) is -0.946. The number of anilines is 1. The number of benzene rings is 4. The van der Waals surface area contributed by atoms with Crippen LogP contribution in [-0.2, 0) is 20.9 Å². The molecule has 2 aliphatic rings. The molecule has 1 unspecified atom stereocenters. The van der Waals surface area contributed by atoms with Crippen LogP contribution in [0, 0.1) is 17.8 Å². The van der Waals surface area contributed by atoms with E-state index in [4.69, 9.17) is 10.5 Å². The number of rotatable bonds is 12. The van der Waals surface area contributed by atoms with Crippen molar-refractivity contribution < 1.29 is 19.1 Å². The largest absolute Gasteiger partial charge is 0.497 e. The Balaban J connectivity index is 1.37. The molecule has 4 aromatic carbocycles. The predicted molar refractivity (Wildman–Crippen MR) is 185 cm³/mol. The molecule has 1 saturated carbocycles. The maximum absolute atomic E-state index is 14.8. The molecule has 1 fully saturated rings. The van der Waals surface area contributed by atoms with Gasteiger partial charge in [-0.05, 0) is 70.8 Å². The van der Waals surface area contributed by atoms with Crippen molar-refractivity contribution in [1.29, 1.82) is 0 Å². The number of hydrogen-bond acceptors (Lipinski definition) is 4. The van der Waals surface area contributed by atoms with Crippen LogP contribution in [0.25, 0.3) is 22.3 Å². The van der Waals surface area contributed by atoms with Gasteiger partial charge in [-0.2, -0.15) is 0 Å². The summed E-state index contributed by atoms with van der Waals surface area (Å²) in [5.41, 5.74) is 12.3. The van der Waals surface area contributed by atoms with E-state index in [1.54, 1.807) is 12.0 Å². The minimum atomic E-state index is -0.935. The molecule has 1 aliphatic carbocycles. The van der Waals surface area contributed by atoms with Crippen LogP contribution >= 0.6 is 0 Å². The number of fused-ring (bicyclic) bond motifs is 3. The smallest absolute Gasteiger partial charge is 0.254 e. The van der Waals surface area contributed by atoms with Gasteiger partial charge in [0, 0.05) is 17.4 Å². The van der Waals surface area contributed by atoms with Crippen molar-refractivity contribution in [2.45, 2.75) is 58.0 Å². The van der Waals surface area contributed by atoms with Gasteiger partial charge in [0.25, 0.3) is 5.91 Å². The van der Waals surface area contributed by atoms with E-state index >= 15 is 0 Å². The topological polar surface area (TPSA) is 102 Å². The van der Waals surface area contributed by atoms with E-state index in [0.29, 0.717) is 25.3 Å². The second-order valence-corrected chi connectivity index (χ2v) is 12.8. The van der Waals surface area contributed by atoms with Crippen LogP contribution in [0.5, 0.6) is 5.75 Å². The lowest BCUT2D eigenvalue weighted by atomic mass is 9.73. The third kappa shape index (κ3) is 6.80. The number of primary amides is 1. The SMILES string of the molecule is CCC[C@H](C(N)=O)[C@@H](CC1CCC1)C(=O)NC1C(=O)N(Cc2cccc(-c3ccc(OC)cc3)c2)c2ccccc2-c2ccccc21. The van der Waals surface area contributed by atoms with Gasteiger partial charge in [-0.1, -0.05) is 105 Å². The van der Waals surface area contributed by atoms with Gasteiger partial charge in [0.2, 0.25) is 11.8 Å². The highest BCUT2D eigenvalue weighted by atomic mass is 16.5.